The van der Waals surface area contributed by atoms with E-state index in [0.717, 1.165) is 11.0 Å². The molecule has 1 fully saturated rings. The Hall–Kier alpha value is -5.20. The van der Waals surface area contributed by atoms with E-state index in [2.05, 4.69) is 15.4 Å². The summed E-state index contributed by atoms with van der Waals surface area (Å²) >= 11 is 0. The zero-order chi connectivity index (χ0) is 36.1. The number of alkyl carbamates (subject to hydrolysis) is 1. The molecule has 0 bridgehead atoms. The Kier molecular flexibility index (Phi) is 8.85. The number of nitrogens with one attached hydrogen (secondary N) is 1. The van der Waals surface area contributed by atoms with E-state index < -0.39 is 59.8 Å². The molecule has 3 amide bonds. The second kappa shape index (κ2) is 12.4. The number of pyridine rings is 1. The van der Waals surface area contributed by atoms with Crippen LogP contribution in [0.5, 0.6) is 0 Å². The number of fused-ring (bicyclic) bond motifs is 1. The number of imide groups is 1. The lowest BCUT2D eigenvalue weighted by Gasteiger charge is -2.44. The molecule has 1 atom stereocenters. The Morgan fingerprint density at radius 2 is 1.73 bits per heavy atom. The van der Waals surface area contributed by atoms with Crippen LogP contribution in [-0.2, 0) is 16.0 Å². The van der Waals surface area contributed by atoms with Gasteiger partial charge in [-0.25, -0.2) is 28.5 Å². The number of carbonyl (C=O) groups excluding carboxylic acids is 3. The maximum Gasteiger partial charge on any atom is 0.417 e. The molecule has 0 radical (unpaired) electrons. The highest BCUT2D eigenvalue weighted by molar-refractivity contribution is 6.08. The summed E-state index contributed by atoms with van der Waals surface area (Å²) in [6.45, 7) is 8.66. The van der Waals surface area contributed by atoms with Crippen LogP contribution < -0.4 is 10.2 Å². The van der Waals surface area contributed by atoms with Crippen molar-refractivity contribution in [2.24, 2.45) is 0 Å². The van der Waals surface area contributed by atoms with Crippen molar-refractivity contribution in [1.29, 1.82) is 5.26 Å². The molecule has 260 valence electrons. The number of nitriles is 1. The van der Waals surface area contributed by atoms with Gasteiger partial charge in [0.05, 0.1) is 52.9 Å². The number of hydrogen-bond donors (Lipinski definition) is 1. The number of halogens is 4. The maximum atomic E-state index is 15.2. The van der Waals surface area contributed by atoms with Crippen LogP contribution in [0.1, 0.15) is 76.0 Å². The molecule has 3 aromatic rings. The van der Waals surface area contributed by atoms with E-state index in [0.29, 0.717) is 0 Å². The number of piperidine rings is 1. The molecule has 0 aliphatic carbocycles. The van der Waals surface area contributed by atoms with Crippen molar-refractivity contribution in [3.05, 3.63) is 59.2 Å². The number of nitrogens with zero attached hydrogens (tertiary/aromatic N) is 6. The van der Waals surface area contributed by atoms with E-state index >= 15 is 4.39 Å². The molecule has 1 saturated heterocycles. The summed E-state index contributed by atoms with van der Waals surface area (Å²) in [5, 5.41) is 16.2. The van der Waals surface area contributed by atoms with Gasteiger partial charge in [-0.05, 0) is 72.6 Å². The molecule has 49 heavy (non-hydrogen) atoms. The number of anilines is 1. The third kappa shape index (κ3) is 7.15. The minimum atomic E-state index is -4.85. The Bertz CT molecular complexity index is 1860. The normalized spacial score (nSPS) is 18.2. The van der Waals surface area contributed by atoms with Gasteiger partial charge < -0.3 is 19.7 Å². The van der Waals surface area contributed by atoms with Crippen molar-refractivity contribution in [3.8, 4) is 23.0 Å². The van der Waals surface area contributed by atoms with E-state index in [1.54, 1.807) is 41.5 Å². The molecule has 4 heterocycles. The second-order valence-electron chi connectivity index (χ2n) is 13.8. The third-order valence-corrected chi connectivity index (χ3v) is 7.77. The Balaban J connectivity index is 1.56. The van der Waals surface area contributed by atoms with Gasteiger partial charge in [-0.1, -0.05) is 6.07 Å². The van der Waals surface area contributed by atoms with Gasteiger partial charge in [0.1, 0.15) is 17.0 Å². The van der Waals surface area contributed by atoms with Gasteiger partial charge in [0.25, 0.3) is 5.91 Å². The van der Waals surface area contributed by atoms with Crippen LogP contribution in [0.2, 0.25) is 0 Å². The number of ether oxygens (including phenoxy) is 2. The highest BCUT2D eigenvalue weighted by Gasteiger charge is 2.58. The average molecular weight is 686 g/mol. The smallest absolute Gasteiger partial charge is 0.417 e. The summed E-state index contributed by atoms with van der Waals surface area (Å²) < 4.78 is 70.7. The van der Waals surface area contributed by atoms with Gasteiger partial charge >= 0.3 is 18.4 Å². The van der Waals surface area contributed by atoms with Crippen molar-refractivity contribution in [3.63, 3.8) is 0 Å². The quantitative estimate of drug-likeness (QED) is 0.315. The fourth-order valence-corrected chi connectivity index (χ4v) is 5.71. The number of aromatic nitrogens is 3. The maximum absolute atomic E-state index is 15.2. The van der Waals surface area contributed by atoms with Crippen molar-refractivity contribution >= 4 is 23.9 Å². The lowest BCUT2D eigenvalue weighted by molar-refractivity contribution is -0.197. The first-order valence-corrected chi connectivity index (χ1v) is 15.4. The van der Waals surface area contributed by atoms with E-state index in [9.17, 15) is 32.8 Å². The molecule has 5 rings (SSSR count). The molecule has 0 spiro atoms. The predicted octanol–water partition coefficient (Wildman–Crippen LogP) is 6.26. The number of carbonyl (C=O) groups is 3. The van der Waals surface area contributed by atoms with E-state index in [-0.39, 0.29) is 59.1 Å². The van der Waals surface area contributed by atoms with Gasteiger partial charge in [-0.2, -0.15) is 23.5 Å². The Morgan fingerprint density at radius 1 is 1.04 bits per heavy atom. The van der Waals surface area contributed by atoms with E-state index in [4.69, 9.17) is 9.47 Å². The fourth-order valence-electron chi connectivity index (χ4n) is 5.71. The molecular formula is C33H35F4N7O5. The highest BCUT2D eigenvalue weighted by Crippen LogP contribution is 2.40. The first-order valence-electron chi connectivity index (χ1n) is 15.4. The van der Waals surface area contributed by atoms with Gasteiger partial charge in [-0.3, -0.25) is 4.79 Å². The van der Waals surface area contributed by atoms with Gasteiger partial charge in [0, 0.05) is 18.8 Å². The summed E-state index contributed by atoms with van der Waals surface area (Å²) in [5.41, 5.74) is -4.78. The van der Waals surface area contributed by atoms with E-state index in [1.165, 1.54) is 40.0 Å². The molecule has 2 aromatic heterocycles. The standard InChI is InChI=1S/C33H35F4N7O5/c1-30(2,3)48-28(46)40-32(33(35,36)37)12-8-13-42(18-32)24-11-14-44(41-24)23-15-21(25-19(16-38)9-7-10-20(25)34)39-22-17-43(27(45)26(22)23)29(47)49-31(4,5)6/h7,9-11,14-15H,8,12-13,17-18H2,1-6H3,(H,40,46)/t32-/m1/s1. The van der Waals surface area contributed by atoms with Gasteiger partial charge in [0.15, 0.2) is 11.4 Å². The first kappa shape index (κ1) is 35.1. The largest absolute Gasteiger partial charge is 0.444 e. The van der Waals surface area contributed by atoms with Crippen molar-refractivity contribution in [2.45, 2.75) is 83.8 Å². The van der Waals surface area contributed by atoms with Crippen molar-refractivity contribution in [2.75, 3.05) is 18.0 Å². The molecule has 2 aliphatic rings. The second-order valence-corrected chi connectivity index (χ2v) is 13.8. The summed E-state index contributed by atoms with van der Waals surface area (Å²) in [4.78, 5) is 45.9. The third-order valence-electron chi connectivity index (χ3n) is 7.77. The summed E-state index contributed by atoms with van der Waals surface area (Å²) in [6.07, 6.45) is -5.95. The molecule has 12 nitrogen and oxygen atoms in total. The minimum absolute atomic E-state index is 0.0325. The van der Waals surface area contributed by atoms with Crippen molar-refractivity contribution in [1.82, 2.24) is 25.0 Å². The molecule has 0 unspecified atom stereocenters. The fraction of sp³-hybridized carbons (Fsp3) is 0.455. The van der Waals surface area contributed by atoms with Crippen LogP contribution in [-0.4, -0.2) is 73.8 Å². The lowest BCUT2D eigenvalue weighted by Crippen LogP contribution is -2.67. The first-order chi connectivity index (χ1) is 22.7. The average Bonchev–Trinajstić information content (AvgIpc) is 3.59. The molecule has 1 N–H and O–H groups in total. The Morgan fingerprint density at radius 3 is 2.37 bits per heavy atom. The topological polar surface area (TPSA) is 143 Å². The molecule has 2 aliphatic heterocycles. The van der Waals surface area contributed by atoms with Crippen LogP contribution in [0.3, 0.4) is 0 Å². The molecule has 0 saturated carbocycles. The van der Waals surface area contributed by atoms with Gasteiger partial charge in [-0.15, -0.1) is 0 Å². The number of alkyl halides is 3. The van der Waals surface area contributed by atoms with Crippen LogP contribution in [0.15, 0.2) is 36.5 Å². The Labute approximate surface area is 279 Å². The number of amides is 3. The number of hydrogen-bond acceptors (Lipinski definition) is 9. The monoisotopic (exact) mass is 685 g/mol. The minimum Gasteiger partial charge on any atom is -0.444 e. The SMILES string of the molecule is CC(C)(C)OC(=O)N[C@]1(C(F)(F)F)CCCN(c2ccn(-c3cc(-c4c(F)cccc4C#N)nc4c3C(=O)N(C(=O)OC(C)(C)C)C4)n2)C1. The summed E-state index contributed by atoms with van der Waals surface area (Å²) in [5.74, 6) is -1.45. The summed E-state index contributed by atoms with van der Waals surface area (Å²) in [6, 6.07) is 8.58. The van der Waals surface area contributed by atoms with Gasteiger partial charge in [0.2, 0.25) is 0 Å². The van der Waals surface area contributed by atoms with Crippen LogP contribution in [0.4, 0.5) is 33.0 Å². The van der Waals surface area contributed by atoms with Crippen molar-refractivity contribution < 1.29 is 41.4 Å². The zero-order valence-corrected chi connectivity index (χ0v) is 27.7. The van der Waals surface area contributed by atoms with Crippen LogP contribution in [0.25, 0.3) is 16.9 Å². The zero-order valence-electron chi connectivity index (χ0n) is 27.7. The molecule has 1 aromatic carbocycles. The summed E-state index contributed by atoms with van der Waals surface area (Å²) in [7, 11) is 0. The lowest BCUT2D eigenvalue weighted by atomic mass is 9.88. The van der Waals surface area contributed by atoms with Crippen LogP contribution in [0, 0.1) is 17.1 Å². The molecular weight excluding hydrogens is 650 g/mol. The predicted molar refractivity (Wildman–Crippen MR) is 167 cm³/mol. The van der Waals surface area contributed by atoms with Crippen LogP contribution >= 0.6 is 0 Å². The highest BCUT2D eigenvalue weighted by atomic mass is 19.4. The van der Waals surface area contributed by atoms with E-state index in [1.807, 2.05) is 6.07 Å². The number of rotatable bonds is 4. The molecule has 16 heteroatoms. The number of benzene rings is 1.